The SMILES string of the molecule is CCC(C)(C)[C@H]1CCc2c(sc3c2C(=O)N[C@@H](c2ccc(Cl)cc2)N3)C1. The predicted molar refractivity (Wildman–Crippen MR) is 109 cm³/mol. The van der Waals surface area contributed by atoms with E-state index in [9.17, 15) is 4.79 Å². The standard InChI is InChI=1S/C21H25ClN2OS/c1-4-21(2,3)13-7-10-15-16(11-13)26-20-17(15)19(25)23-18(24-20)12-5-8-14(22)9-6-12/h5-6,8-9,13,18,24H,4,7,10-11H2,1-3H3,(H,23,25)/t13-,18+/m0/s1. The Morgan fingerprint density at radius 1 is 1.23 bits per heavy atom. The van der Waals surface area contributed by atoms with E-state index in [1.807, 2.05) is 24.3 Å². The molecule has 0 spiro atoms. The fraction of sp³-hybridized carbons (Fsp3) is 0.476. The number of amides is 1. The lowest BCUT2D eigenvalue weighted by atomic mass is 9.69. The summed E-state index contributed by atoms with van der Waals surface area (Å²) >= 11 is 7.76. The van der Waals surface area contributed by atoms with Crippen LogP contribution >= 0.6 is 22.9 Å². The lowest BCUT2D eigenvalue weighted by molar-refractivity contribution is 0.0934. The van der Waals surface area contributed by atoms with Gasteiger partial charge in [0.25, 0.3) is 5.91 Å². The topological polar surface area (TPSA) is 41.1 Å². The zero-order valence-corrected chi connectivity index (χ0v) is 17.1. The van der Waals surface area contributed by atoms with E-state index in [0.29, 0.717) is 16.4 Å². The van der Waals surface area contributed by atoms with Crippen molar-refractivity contribution in [1.82, 2.24) is 5.32 Å². The average Bonchev–Trinajstić information content (AvgIpc) is 3.00. The third-order valence-electron chi connectivity index (χ3n) is 6.26. The van der Waals surface area contributed by atoms with E-state index < -0.39 is 0 Å². The van der Waals surface area contributed by atoms with Crippen molar-refractivity contribution >= 4 is 33.8 Å². The molecule has 138 valence electrons. The normalized spacial score (nSPS) is 22.2. The van der Waals surface area contributed by atoms with Crippen molar-refractivity contribution in [3.05, 3.63) is 50.9 Å². The summed E-state index contributed by atoms with van der Waals surface area (Å²) in [5.41, 5.74) is 3.52. The fourth-order valence-corrected chi connectivity index (χ4v) is 5.55. The number of hydrogen-bond donors (Lipinski definition) is 2. The Kier molecular flexibility index (Phi) is 4.52. The van der Waals surface area contributed by atoms with Crippen LogP contribution in [0, 0.1) is 11.3 Å². The average molecular weight is 389 g/mol. The van der Waals surface area contributed by atoms with Gasteiger partial charge in [-0.1, -0.05) is 50.9 Å². The first-order chi connectivity index (χ1) is 12.4. The minimum Gasteiger partial charge on any atom is -0.353 e. The minimum atomic E-state index is -0.199. The summed E-state index contributed by atoms with van der Waals surface area (Å²) in [7, 11) is 0. The molecule has 2 atom stereocenters. The lowest BCUT2D eigenvalue weighted by Crippen LogP contribution is -2.38. The molecule has 0 radical (unpaired) electrons. The van der Waals surface area contributed by atoms with Crippen LogP contribution in [-0.2, 0) is 12.8 Å². The highest BCUT2D eigenvalue weighted by Gasteiger charge is 2.37. The molecule has 1 aromatic carbocycles. The van der Waals surface area contributed by atoms with Gasteiger partial charge in [-0.25, -0.2) is 0 Å². The number of nitrogens with one attached hydrogen (secondary N) is 2. The first-order valence-corrected chi connectivity index (χ1v) is 10.6. The third-order valence-corrected chi connectivity index (χ3v) is 7.70. The number of fused-ring (bicyclic) bond motifs is 3. The number of benzene rings is 1. The summed E-state index contributed by atoms with van der Waals surface area (Å²) in [6.07, 6.45) is 4.26. The monoisotopic (exact) mass is 388 g/mol. The number of carbonyl (C=O) groups excluding carboxylic acids is 1. The molecule has 5 heteroatoms. The van der Waals surface area contributed by atoms with Gasteiger partial charge < -0.3 is 10.6 Å². The van der Waals surface area contributed by atoms with Crippen LogP contribution in [0.2, 0.25) is 5.02 Å². The van der Waals surface area contributed by atoms with E-state index >= 15 is 0 Å². The van der Waals surface area contributed by atoms with Crippen molar-refractivity contribution in [2.45, 2.75) is 52.6 Å². The first kappa shape index (κ1) is 17.9. The number of anilines is 1. The van der Waals surface area contributed by atoms with E-state index in [1.54, 1.807) is 11.3 Å². The van der Waals surface area contributed by atoms with Crippen LogP contribution in [0.4, 0.5) is 5.00 Å². The number of halogens is 1. The number of carbonyl (C=O) groups is 1. The van der Waals surface area contributed by atoms with Crippen molar-refractivity contribution in [2.75, 3.05) is 5.32 Å². The van der Waals surface area contributed by atoms with Gasteiger partial charge in [-0.05, 0) is 53.9 Å². The van der Waals surface area contributed by atoms with E-state index in [4.69, 9.17) is 11.6 Å². The molecule has 1 amide bonds. The molecular formula is C21H25ClN2OS. The van der Waals surface area contributed by atoms with Gasteiger partial charge in [0, 0.05) is 9.90 Å². The van der Waals surface area contributed by atoms with Crippen LogP contribution in [0.25, 0.3) is 0 Å². The first-order valence-electron chi connectivity index (χ1n) is 9.36. The molecular weight excluding hydrogens is 364 g/mol. The molecule has 0 bridgehead atoms. The highest BCUT2D eigenvalue weighted by Crippen LogP contribution is 2.46. The Hall–Kier alpha value is -1.52. The van der Waals surface area contributed by atoms with Gasteiger partial charge in [0.05, 0.1) is 5.56 Å². The van der Waals surface area contributed by atoms with Crippen LogP contribution in [0.3, 0.4) is 0 Å². The highest BCUT2D eigenvalue weighted by atomic mass is 35.5. The van der Waals surface area contributed by atoms with Crippen LogP contribution in [0.15, 0.2) is 24.3 Å². The van der Waals surface area contributed by atoms with E-state index in [2.05, 4.69) is 31.4 Å². The summed E-state index contributed by atoms with van der Waals surface area (Å²) in [5, 5.41) is 8.37. The van der Waals surface area contributed by atoms with Gasteiger partial charge in [-0.3, -0.25) is 4.79 Å². The Balaban J connectivity index is 1.63. The van der Waals surface area contributed by atoms with Crippen molar-refractivity contribution in [3.8, 4) is 0 Å². The van der Waals surface area contributed by atoms with Crippen LogP contribution in [-0.4, -0.2) is 5.91 Å². The molecule has 1 aliphatic carbocycles. The van der Waals surface area contributed by atoms with Crippen molar-refractivity contribution in [2.24, 2.45) is 11.3 Å². The summed E-state index contributed by atoms with van der Waals surface area (Å²) in [6.45, 7) is 7.02. The molecule has 0 unspecified atom stereocenters. The molecule has 2 N–H and O–H groups in total. The van der Waals surface area contributed by atoms with Gasteiger partial charge >= 0.3 is 0 Å². The Bertz CT molecular complexity index is 840. The van der Waals surface area contributed by atoms with E-state index in [-0.39, 0.29) is 12.1 Å². The van der Waals surface area contributed by atoms with Gasteiger partial charge in [-0.2, -0.15) is 0 Å². The molecule has 0 fully saturated rings. The maximum absolute atomic E-state index is 12.8. The summed E-state index contributed by atoms with van der Waals surface area (Å²) in [5.74, 6) is 0.736. The van der Waals surface area contributed by atoms with Crippen LogP contribution < -0.4 is 10.6 Å². The second-order valence-corrected chi connectivity index (χ2v) is 9.63. The maximum Gasteiger partial charge on any atom is 0.256 e. The van der Waals surface area contributed by atoms with Crippen molar-refractivity contribution in [3.63, 3.8) is 0 Å². The third kappa shape index (κ3) is 3.03. The summed E-state index contributed by atoms with van der Waals surface area (Å²) in [6, 6.07) is 7.63. The summed E-state index contributed by atoms with van der Waals surface area (Å²) < 4.78 is 0. The fourth-order valence-electron chi connectivity index (χ4n) is 4.08. The quantitative estimate of drug-likeness (QED) is 0.697. The van der Waals surface area contributed by atoms with Crippen molar-refractivity contribution < 1.29 is 4.79 Å². The Morgan fingerprint density at radius 2 is 1.96 bits per heavy atom. The maximum atomic E-state index is 12.8. The number of thiophene rings is 1. The minimum absolute atomic E-state index is 0.0457. The van der Waals surface area contributed by atoms with Crippen molar-refractivity contribution in [1.29, 1.82) is 0 Å². The molecule has 0 saturated heterocycles. The molecule has 3 nitrogen and oxygen atoms in total. The van der Waals surface area contributed by atoms with Gasteiger partial charge in [0.15, 0.2) is 0 Å². The molecule has 4 rings (SSSR count). The second kappa shape index (κ2) is 6.58. The predicted octanol–water partition coefficient (Wildman–Crippen LogP) is 5.80. The zero-order chi connectivity index (χ0) is 18.5. The molecule has 2 aromatic rings. The van der Waals surface area contributed by atoms with Gasteiger partial charge in [-0.15, -0.1) is 11.3 Å². The molecule has 2 heterocycles. The smallest absolute Gasteiger partial charge is 0.256 e. The molecule has 1 aliphatic heterocycles. The van der Waals surface area contributed by atoms with Gasteiger partial charge in [0.2, 0.25) is 0 Å². The number of hydrogen-bond acceptors (Lipinski definition) is 3. The Morgan fingerprint density at radius 3 is 2.65 bits per heavy atom. The highest BCUT2D eigenvalue weighted by molar-refractivity contribution is 7.16. The summed E-state index contributed by atoms with van der Waals surface area (Å²) in [4.78, 5) is 14.2. The Labute approximate surface area is 164 Å². The molecule has 2 aliphatic rings. The zero-order valence-electron chi connectivity index (χ0n) is 15.5. The largest absolute Gasteiger partial charge is 0.353 e. The molecule has 1 aromatic heterocycles. The molecule has 0 saturated carbocycles. The van der Waals surface area contributed by atoms with E-state index in [0.717, 1.165) is 29.0 Å². The van der Waals surface area contributed by atoms with Crippen LogP contribution in [0.1, 0.15) is 66.1 Å². The number of rotatable bonds is 3. The van der Waals surface area contributed by atoms with Crippen LogP contribution in [0.5, 0.6) is 0 Å². The second-order valence-electron chi connectivity index (χ2n) is 8.09. The van der Waals surface area contributed by atoms with E-state index in [1.165, 1.54) is 23.3 Å². The van der Waals surface area contributed by atoms with Gasteiger partial charge in [0.1, 0.15) is 11.2 Å². The lowest BCUT2D eigenvalue weighted by Gasteiger charge is -2.36. The molecule has 26 heavy (non-hydrogen) atoms.